The van der Waals surface area contributed by atoms with Crippen LogP contribution in [-0.2, 0) is 21.4 Å². The summed E-state index contributed by atoms with van der Waals surface area (Å²) in [7, 11) is -3.62. The van der Waals surface area contributed by atoms with Gasteiger partial charge < -0.3 is 10.2 Å². The van der Waals surface area contributed by atoms with Gasteiger partial charge in [-0.25, -0.2) is 13.1 Å². The van der Waals surface area contributed by atoms with Crippen molar-refractivity contribution in [3.8, 4) is 0 Å². The lowest BCUT2D eigenvalue weighted by Crippen LogP contribution is -2.47. The van der Waals surface area contributed by atoms with Crippen LogP contribution in [0.1, 0.15) is 29.8 Å². The third-order valence-electron chi connectivity index (χ3n) is 4.56. The van der Waals surface area contributed by atoms with E-state index in [4.69, 9.17) is 0 Å². The number of thioether (sulfide) groups is 1. The maximum atomic E-state index is 12.9. The van der Waals surface area contributed by atoms with Crippen LogP contribution in [-0.4, -0.2) is 48.8 Å². The molecule has 0 radical (unpaired) electrons. The van der Waals surface area contributed by atoms with Crippen molar-refractivity contribution in [1.29, 1.82) is 0 Å². The molecule has 1 fully saturated rings. The van der Waals surface area contributed by atoms with E-state index in [1.54, 1.807) is 13.8 Å². The number of benzene rings is 2. The van der Waals surface area contributed by atoms with Crippen molar-refractivity contribution < 1.29 is 18.0 Å². The lowest BCUT2D eigenvalue weighted by Gasteiger charge is -2.23. The van der Waals surface area contributed by atoms with Crippen LogP contribution in [0.4, 0.5) is 0 Å². The molecule has 2 aromatic rings. The smallest absolute Gasteiger partial charge is 0.255 e. The Morgan fingerprint density at radius 2 is 1.77 bits per heavy atom. The molecule has 1 aliphatic heterocycles. The van der Waals surface area contributed by atoms with E-state index in [2.05, 4.69) is 10.0 Å². The summed E-state index contributed by atoms with van der Waals surface area (Å²) in [6.07, 6.45) is 0. The van der Waals surface area contributed by atoms with Crippen molar-refractivity contribution in [2.75, 3.05) is 11.6 Å². The standard InChI is InChI=1S/C21H25N3O4S2/c1-15(2)23-30(27,28)18-10-8-17(9-11-18)21(26)24-14-29-13-19(24)20(25)22-12-16-6-4-3-5-7-16/h3-11,15,19,23H,12-14H2,1-2H3,(H,22,25)/t19-/m1/s1. The second-order valence-electron chi connectivity index (χ2n) is 7.29. The van der Waals surface area contributed by atoms with Crippen LogP contribution in [0.25, 0.3) is 0 Å². The number of carbonyl (C=O) groups is 2. The summed E-state index contributed by atoms with van der Waals surface area (Å²) in [6, 6.07) is 14.6. The number of carbonyl (C=O) groups excluding carboxylic acids is 2. The lowest BCUT2D eigenvalue weighted by molar-refractivity contribution is -0.124. The van der Waals surface area contributed by atoms with E-state index in [9.17, 15) is 18.0 Å². The van der Waals surface area contributed by atoms with Gasteiger partial charge in [0, 0.05) is 23.9 Å². The largest absolute Gasteiger partial charge is 0.350 e. The molecule has 1 saturated heterocycles. The maximum Gasteiger partial charge on any atom is 0.255 e. The summed E-state index contributed by atoms with van der Waals surface area (Å²) in [5.41, 5.74) is 1.34. The van der Waals surface area contributed by atoms with Crippen molar-refractivity contribution in [2.45, 2.75) is 37.4 Å². The fourth-order valence-electron chi connectivity index (χ4n) is 3.08. The number of hydrogen-bond acceptors (Lipinski definition) is 5. The molecule has 1 aliphatic rings. The SMILES string of the molecule is CC(C)NS(=O)(=O)c1ccc(C(=O)N2CSC[C@@H]2C(=O)NCc2ccccc2)cc1. The quantitative estimate of drug-likeness (QED) is 0.679. The van der Waals surface area contributed by atoms with Crippen LogP contribution < -0.4 is 10.0 Å². The van der Waals surface area contributed by atoms with Gasteiger partial charge in [-0.3, -0.25) is 9.59 Å². The molecular weight excluding hydrogens is 422 g/mol. The van der Waals surface area contributed by atoms with Gasteiger partial charge in [-0.15, -0.1) is 11.8 Å². The fraction of sp³-hybridized carbons (Fsp3) is 0.333. The minimum Gasteiger partial charge on any atom is -0.350 e. The Bertz CT molecular complexity index is 993. The molecule has 0 bridgehead atoms. The molecule has 0 aliphatic carbocycles. The minimum atomic E-state index is -3.62. The molecular formula is C21H25N3O4S2. The zero-order chi connectivity index (χ0) is 21.7. The molecule has 0 unspecified atom stereocenters. The van der Waals surface area contributed by atoms with Crippen LogP contribution in [0, 0.1) is 0 Å². The molecule has 0 aromatic heterocycles. The third kappa shape index (κ3) is 5.41. The molecule has 0 saturated carbocycles. The monoisotopic (exact) mass is 447 g/mol. The topological polar surface area (TPSA) is 95.6 Å². The molecule has 160 valence electrons. The molecule has 2 amide bonds. The Morgan fingerprint density at radius 1 is 1.10 bits per heavy atom. The summed E-state index contributed by atoms with van der Waals surface area (Å²) in [4.78, 5) is 27.2. The number of rotatable bonds is 7. The number of nitrogens with one attached hydrogen (secondary N) is 2. The molecule has 2 N–H and O–H groups in total. The van der Waals surface area contributed by atoms with Gasteiger partial charge in [0.1, 0.15) is 6.04 Å². The van der Waals surface area contributed by atoms with Crippen LogP contribution in [0.2, 0.25) is 0 Å². The van der Waals surface area contributed by atoms with Crippen LogP contribution in [0.3, 0.4) is 0 Å². The summed E-state index contributed by atoms with van der Waals surface area (Å²) in [6.45, 7) is 3.88. The second kappa shape index (κ2) is 9.63. The molecule has 30 heavy (non-hydrogen) atoms. The van der Waals surface area contributed by atoms with E-state index in [1.807, 2.05) is 30.3 Å². The van der Waals surface area contributed by atoms with E-state index in [0.717, 1.165) is 5.56 Å². The van der Waals surface area contributed by atoms with Crippen molar-refractivity contribution in [2.24, 2.45) is 0 Å². The summed E-state index contributed by atoms with van der Waals surface area (Å²) in [5, 5.41) is 2.89. The Balaban J connectivity index is 1.67. The minimum absolute atomic E-state index is 0.0979. The first-order chi connectivity index (χ1) is 14.3. The number of nitrogens with zero attached hydrogens (tertiary/aromatic N) is 1. The first kappa shape index (κ1) is 22.3. The van der Waals surface area contributed by atoms with Crippen molar-refractivity contribution in [1.82, 2.24) is 14.9 Å². The van der Waals surface area contributed by atoms with Crippen molar-refractivity contribution >= 4 is 33.6 Å². The van der Waals surface area contributed by atoms with Gasteiger partial charge in [0.25, 0.3) is 5.91 Å². The van der Waals surface area contributed by atoms with Gasteiger partial charge >= 0.3 is 0 Å². The highest BCUT2D eigenvalue weighted by Gasteiger charge is 2.35. The molecule has 1 heterocycles. The average Bonchev–Trinajstić information content (AvgIpc) is 3.21. The Labute approximate surface area is 181 Å². The summed E-state index contributed by atoms with van der Waals surface area (Å²) in [5.74, 6) is 0.451. The molecule has 2 aromatic carbocycles. The van der Waals surface area contributed by atoms with Crippen molar-refractivity contribution in [3.63, 3.8) is 0 Å². The van der Waals surface area contributed by atoms with Gasteiger partial charge in [-0.2, -0.15) is 0 Å². The normalized spacial score (nSPS) is 16.6. The zero-order valence-corrected chi connectivity index (χ0v) is 18.5. The number of sulfonamides is 1. The first-order valence-corrected chi connectivity index (χ1v) is 12.2. The van der Waals surface area contributed by atoms with E-state index in [-0.39, 0.29) is 22.8 Å². The maximum absolute atomic E-state index is 12.9. The van der Waals surface area contributed by atoms with E-state index in [1.165, 1.54) is 40.9 Å². The average molecular weight is 448 g/mol. The Morgan fingerprint density at radius 3 is 2.40 bits per heavy atom. The van der Waals surface area contributed by atoms with Gasteiger partial charge in [0.2, 0.25) is 15.9 Å². The molecule has 3 rings (SSSR count). The van der Waals surface area contributed by atoms with Gasteiger partial charge in [0.05, 0.1) is 10.8 Å². The Kier molecular flexibility index (Phi) is 7.17. The number of hydrogen-bond donors (Lipinski definition) is 2. The molecule has 7 nitrogen and oxygen atoms in total. The van der Waals surface area contributed by atoms with Crippen LogP contribution in [0.15, 0.2) is 59.5 Å². The third-order valence-corrected chi connectivity index (χ3v) is 7.24. The number of amides is 2. The first-order valence-electron chi connectivity index (χ1n) is 9.60. The lowest BCUT2D eigenvalue weighted by atomic mass is 10.1. The second-order valence-corrected chi connectivity index (χ2v) is 10.0. The van der Waals surface area contributed by atoms with Gasteiger partial charge in [0.15, 0.2) is 0 Å². The molecule has 9 heteroatoms. The van der Waals surface area contributed by atoms with Crippen LogP contribution >= 0.6 is 11.8 Å². The molecule has 1 atom stereocenters. The van der Waals surface area contributed by atoms with Crippen molar-refractivity contribution in [3.05, 3.63) is 65.7 Å². The predicted molar refractivity (Wildman–Crippen MR) is 117 cm³/mol. The zero-order valence-electron chi connectivity index (χ0n) is 16.9. The predicted octanol–water partition coefficient (Wildman–Crippen LogP) is 2.20. The summed E-state index contributed by atoms with van der Waals surface area (Å²) >= 11 is 1.52. The van der Waals surface area contributed by atoms with E-state index in [0.29, 0.717) is 23.7 Å². The van der Waals surface area contributed by atoms with Gasteiger partial charge in [-0.1, -0.05) is 30.3 Å². The highest BCUT2D eigenvalue weighted by molar-refractivity contribution is 7.99. The highest BCUT2D eigenvalue weighted by atomic mass is 32.2. The van der Waals surface area contributed by atoms with E-state index >= 15 is 0 Å². The highest BCUT2D eigenvalue weighted by Crippen LogP contribution is 2.24. The molecule has 0 spiro atoms. The van der Waals surface area contributed by atoms with Crippen LogP contribution in [0.5, 0.6) is 0 Å². The summed E-state index contributed by atoms with van der Waals surface area (Å²) < 4.78 is 27.0. The van der Waals surface area contributed by atoms with Gasteiger partial charge in [-0.05, 0) is 43.7 Å². The Hall–Kier alpha value is -2.36. The fourth-order valence-corrected chi connectivity index (χ4v) is 5.49. The van der Waals surface area contributed by atoms with E-state index < -0.39 is 16.1 Å².